The second-order valence-corrected chi connectivity index (χ2v) is 6.69. The zero-order chi connectivity index (χ0) is 18.8. The summed E-state index contributed by atoms with van der Waals surface area (Å²) in [6.45, 7) is 2.93. The van der Waals surface area contributed by atoms with E-state index in [0.717, 1.165) is 36.1 Å². The largest absolute Gasteiger partial charge is 0.489 e. The van der Waals surface area contributed by atoms with E-state index in [-0.39, 0.29) is 19.3 Å². The number of benzene rings is 1. The minimum atomic E-state index is -0.525. The normalized spacial score (nSPS) is 16.9. The summed E-state index contributed by atoms with van der Waals surface area (Å²) in [5.74, 6) is 1.59. The molecule has 0 bridgehead atoms. The van der Waals surface area contributed by atoms with Crippen LogP contribution in [0.1, 0.15) is 24.2 Å². The van der Waals surface area contributed by atoms with Gasteiger partial charge >= 0.3 is 0 Å². The van der Waals surface area contributed by atoms with Crippen molar-refractivity contribution in [2.24, 2.45) is 0 Å². The number of ether oxygens (including phenoxy) is 1. The van der Waals surface area contributed by atoms with Crippen LogP contribution in [0.5, 0.6) is 5.75 Å². The Morgan fingerprint density at radius 1 is 1.30 bits per heavy atom. The van der Waals surface area contributed by atoms with Crippen LogP contribution in [0, 0.1) is 12.9 Å². The first kappa shape index (κ1) is 17.6. The lowest BCUT2D eigenvalue weighted by Gasteiger charge is -2.25. The Bertz CT molecular complexity index is 966. The summed E-state index contributed by atoms with van der Waals surface area (Å²) in [6.07, 6.45) is 3.40. The first-order valence-electron chi connectivity index (χ1n) is 9.04. The smallest absolute Gasteiger partial charge is 0.219 e. The van der Waals surface area contributed by atoms with Crippen molar-refractivity contribution in [1.82, 2.24) is 15.0 Å². The maximum atomic E-state index is 13.7. The van der Waals surface area contributed by atoms with E-state index >= 15 is 0 Å². The molecule has 0 saturated carbocycles. The van der Waals surface area contributed by atoms with E-state index in [0.29, 0.717) is 17.1 Å². The number of aliphatic hydroxyl groups excluding tert-OH is 1. The minimum Gasteiger partial charge on any atom is -0.489 e. The second kappa shape index (κ2) is 7.44. The zero-order valence-electron chi connectivity index (χ0n) is 15.1. The predicted octanol–water partition coefficient (Wildman–Crippen LogP) is 3.01. The van der Waals surface area contributed by atoms with Gasteiger partial charge in [-0.1, -0.05) is 0 Å². The van der Waals surface area contributed by atoms with Gasteiger partial charge in [-0.05, 0) is 44.0 Å². The molecule has 0 spiro atoms. The molecule has 2 aromatic heterocycles. The number of fused-ring (bicyclic) bond motifs is 1. The average Bonchev–Trinajstić information content (AvgIpc) is 3.15. The number of pyridine rings is 1. The molecule has 0 radical (unpaired) electrons. The SMILES string of the molecule is Cc1nc(N2CCC[C@H]2CO)c2ccc(OCc3cccnc3F)cc2n1. The van der Waals surface area contributed by atoms with Gasteiger partial charge in [0.25, 0.3) is 0 Å². The lowest BCUT2D eigenvalue weighted by atomic mass is 10.2. The number of hydrogen-bond donors (Lipinski definition) is 1. The number of rotatable bonds is 5. The second-order valence-electron chi connectivity index (χ2n) is 6.69. The van der Waals surface area contributed by atoms with Crippen molar-refractivity contribution >= 4 is 16.7 Å². The highest BCUT2D eigenvalue weighted by atomic mass is 19.1. The molecule has 1 aliphatic heterocycles. The van der Waals surface area contributed by atoms with Crippen LogP contribution in [0.15, 0.2) is 36.5 Å². The lowest BCUT2D eigenvalue weighted by Crippen LogP contribution is -2.33. The molecule has 3 aromatic rings. The molecule has 0 aliphatic carbocycles. The average molecular weight is 368 g/mol. The highest BCUT2D eigenvalue weighted by Gasteiger charge is 2.26. The molecule has 6 nitrogen and oxygen atoms in total. The van der Waals surface area contributed by atoms with E-state index < -0.39 is 5.95 Å². The van der Waals surface area contributed by atoms with Crippen LogP contribution in [0.25, 0.3) is 10.9 Å². The van der Waals surface area contributed by atoms with Gasteiger partial charge in [0.05, 0.1) is 18.2 Å². The van der Waals surface area contributed by atoms with Gasteiger partial charge in [0.1, 0.15) is 24.0 Å². The van der Waals surface area contributed by atoms with Crippen molar-refractivity contribution in [2.75, 3.05) is 18.1 Å². The fourth-order valence-corrected chi connectivity index (χ4v) is 3.51. The Balaban J connectivity index is 1.64. The first-order valence-corrected chi connectivity index (χ1v) is 9.04. The van der Waals surface area contributed by atoms with E-state index in [4.69, 9.17) is 4.74 Å². The van der Waals surface area contributed by atoms with E-state index in [1.165, 1.54) is 6.20 Å². The number of nitrogens with zero attached hydrogens (tertiary/aromatic N) is 4. The molecule has 1 aliphatic rings. The van der Waals surface area contributed by atoms with Crippen LogP contribution in [-0.4, -0.2) is 39.3 Å². The molecule has 7 heteroatoms. The summed E-state index contributed by atoms with van der Waals surface area (Å²) in [5.41, 5.74) is 1.17. The molecule has 3 heterocycles. The highest BCUT2D eigenvalue weighted by Crippen LogP contribution is 2.32. The number of halogens is 1. The van der Waals surface area contributed by atoms with Crippen molar-refractivity contribution in [3.05, 3.63) is 53.9 Å². The van der Waals surface area contributed by atoms with E-state index in [1.54, 1.807) is 12.1 Å². The number of hydrogen-bond acceptors (Lipinski definition) is 6. The Labute approximate surface area is 156 Å². The molecule has 1 atom stereocenters. The lowest BCUT2D eigenvalue weighted by molar-refractivity contribution is 0.266. The number of anilines is 1. The van der Waals surface area contributed by atoms with Gasteiger partial charge in [-0.2, -0.15) is 4.39 Å². The number of aromatic nitrogens is 3. The molecular formula is C20H21FN4O2. The van der Waals surface area contributed by atoms with Crippen LogP contribution in [0.2, 0.25) is 0 Å². The monoisotopic (exact) mass is 368 g/mol. The van der Waals surface area contributed by atoms with Crippen molar-refractivity contribution < 1.29 is 14.2 Å². The van der Waals surface area contributed by atoms with Gasteiger partial charge in [0.15, 0.2) is 0 Å². The predicted molar refractivity (Wildman–Crippen MR) is 100 cm³/mol. The molecule has 1 N–H and O–H groups in total. The summed E-state index contributed by atoms with van der Waals surface area (Å²) in [7, 11) is 0. The Hall–Kier alpha value is -2.80. The standard InChI is InChI=1S/C20H21FN4O2/c1-13-23-18-10-16(27-12-14-4-2-8-22-19(14)21)6-7-17(18)20(24-13)25-9-3-5-15(25)11-26/h2,4,6-8,10,15,26H,3,5,9,11-12H2,1H3/t15-/m0/s1. The summed E-state index contributed by atoms with van der Waals surface area (Å²) < 4.78 is 19.4. The van der Waals surface area contributed by atoms with Gasteiger partial charge in [-0.15, -0.1) is 0 Å². The van der Waals surface area contributed by atoms with Gasteiger partial charge in [0.2, 0.25) is 5.95 Å². The summed E-state index contributed by atoms with van der Waals surface area (Å²) in [6, 6.07) is 9.02. The van der Waals surface area contributed by atoms with E-state index in [1.807, 2.05) is 25.1 Å². The van der Waals surface area contributed by atoms with Gasteiger partial charge < -0.3 is 14.7 Å². The van der Waals surface area contributed by atoms with Crippen molar-refractivity contribution in [3.8, 4) is 5.75 Å². The fraction of sp³-hybridized carbons (Fsp3) is 0.350. The number of aryl methyl sites for hydroxylation is 1. The molecular weight excluding hydrogens is 347 g/mol. The maximum absolute atomic E-state index is 13.7. The van der Waals surface area contributed by atoms with E-state index in [2.05, 4.69) is 19.9 Å². The van der Waals surface area contributed by atoms with Crippen LogP contribution < -0.4 is 9.64 Å². The summed E-state index contributed by atoms with van der Waals surface area (Å²) in [4.78, 5) is 14.9. The highest BCUT2D eigenvalue weighted by molar-refractivity contribution is 5.90. The Kier molecular flexibility index (Phi) is 4.85. The molecule has 27 heavy (non-hydrogen) atoms. The molecule has 1 aromatic carbocycles. The van der Waals surface area contributed by atoms with Crippen molar-refractivity contribution in [1.29, 1.82) is 0 Å². The molecule has 0 unspecified atom stereocenters. The summed E-state index contributed by atoms with van der Waals surface area (Å²) in [5, 5.41) is 10.6. The van der Waals surface area contributed by atoms with Gasteiger partial charge in [-0.25, -0.2) is 15.0 Å². The quantitative estimate of drug-likeness (QED) is 0.698. The van der Waals surface area contributed by atoms with Crippen LogP contribution in [-0.2, 0) is 6.61 Å². The third-order valence-corrected chi connectivity index (χ3v) is 4.85. The van der Waals surface area contributed by atoms with Gasteiger partial charge in [-0.3, -0.25) is 0 Å². The van der Waals surface area contributed by atoms with Crippen molar-refractivity contribution in [3.63, 3.8) is 0 Å². The molecule has 140 valence electrons. The van der Waals surface area contributed by atoms with Crippen LogP contribution in [0.4, 0.5) is 10.2 Å². The van der Waals surface area contributed by atoms with Crippen LogP contribution >= 0.6 is 0 Å². The van der Waals surface area contributed by atoms with Crippen molar-refractivity contribution in [2.45, 2.75) is 32.4 Å². The van der Waals surface area contributed by atoms with Gasteiger partial charge in [0, 0.05) is 29.8 Å². The minimum absolute atomic E-state index is 0.0898. The topological polar surface area (TPSA) is 71.4 Å². The molecule has 1 saturated heterocycles. The fourth-order valence-electron chi connectivity index (χ4n) is 3.51. The third kappa shape index (κ3) is 3.55. The first-order chi connectivity index (χ1) is 13.2. The molecule has 4 rings (SSSR count). The van der Waals surface area contributed by atoms with E-state index in [9.17, 15) is 9.50 Å². The Morgan fingerprint density at radius 2 is 2.19 bits per heavy atom. The van der Waals surface area contributed by atoms with Crippen LogP contribution in [0.3, 0.4) is 0 Å². The maximum Gasteiger partial charge on any atom is 0.219 e. The third-order valence-electron chi connectivity index (χ3n) is 4.85. The summed E-state index contributed by atoms with van der Waals surface area (Å²) >= 11 is 0. The molecule has 0 amide bonds. The molecule has 1 fully saturated rings. The zero-order valence-corrected chi connectivity index (χ0v) is 15.1. The Morgan fingerprint density at radius 3 is 3.00 bits per heavy atom. The number of aliphatic hydroxyl groups is 1.